The van der Waals surface area contributed by atoms with Crippen LogP contribution in [0.25, 0.3) is 34.2 Å². The van der Waals surface area contributed by atoms with E-state index in [0.29, 0.717) is 17.5 Å². The number of para-hydroxylation sites is 4. The molecule has 2 aliphatic heterocycles. The zero-order valence-corrected chi connectivity index (χ0v) is 36.7. The predicted octanol–water partition coefficient (Wildman–Crippen LogP) is 7.84. The standard InChI is InChI=1S/C57H39N3O2Si2/c1-6-22-40(23-7-1)55-58-56(45-32-20-38-51-53(45)61-47-34-16-18-36-49(47)63(51,41-24-8-2-9-25-41)42-26-10-3-11-27-42)60-57(59-55)46-33-21-39-52-54(46)62-48-35-17-19-37-50(48)64(52,43-28-12-4-13-29-43)44-30-14-5-15-31-44/h1-39H. The summed E-state index contributed by atoms with van der Waals surface area (Å²) in [5, 5.41) is 9.78. The van der Waals surface area contributed by atoms with Gasteiger partial charge in [0.25, 0.3) is 0 Å². The molecule has 0 saturated carbocycles. The van der Waals surface area contributed by atoms with Crippen LogP contribution in [-0.2, 0) is 0 Å². The fraction of sp³-hybridized carbons (Fsp3) is 0. The molecule has 5 nitrogen and oxygen atoms in total. The van der Waals surface area contributed by atoms with E-state index in [1.54, 1.807) is 0 Å². The molecule has 3 heterocycles. The molecule has 9 aromatic carbocycles. The Morgan fingerprint density at radius 3 is 0.969 bits per heavy atom. The third-order valence-electron chi connectivity index (χ3n) is 12.8. The summed E-state index contributed by atoms with van der Waals surface area (Å²) < 4.78 is 14.2. The van der Waals surface area contributed by atoms with Crippen LogP contribution in [0.5, 0.6) is 23.0 Å². The van der Waals surface area contributed by atoms with Gasteiger partial charge in [-0.25, -0.2) is 15.0 Å². The third-order valence-corrected chi connectivity index (χ3v) is 22.5. The van der Waals surface area contributed by atoms with Crippen LogP contribution in [0, 0.1) is 0 Å². The highest BCUT2D eigenvalue weighted by Gasteiger charge is 2.50. The van der Waals surface area contributed by atoms with Crippen LogP contribution in [0.3, 0.4) is 0 Å². The number of rotatable bonds is 7. The minimum Gasteiger partial charge on any atom is -0.457 e. The van der Waals surface area contributed by atoms with Gasteiger partial charge in [0.15, 0.2) is 33.6 Å². The Morgan fingerprint density at radius 2 is 0.578 bits per heavy atom. The number of hydrogen-bond acceptors (Lipinski definition) is 5. The highest BCUT2D eigenvalue weighted by atomic mass is 28.3. The van der Waals surface area contributed by atoms with Crippen LogP contribution in [0.4, 0.5) is 0 Å². The fourth-order valence-electron chi connectivity index (χ4n) is 10.1. The molecule has 64 heavy (non-hydrogen) atoms. The number of aromatic nitrogens is 3. The Bertz CT molecular complexity index is 3050. The van der Waals surface area contributed by atoms with E-state index in [4.69, 9.17) is 24.4 Å². The van der Waals surface area contributed by atoms with Crippen molar-refractivity contribution in [1.82, 2.24) is 15.0 Å². The largest absolute Gasteiger partial charge is 0.457 e. The maximum atomic E-state index is 7.12. The van der Waals surface area contributed by atoms with Crippen LogP contribution < -0.4 is 51.0 Å². The van der Waals surface area contributed by atoms with Crippen molar-refractivity contribution in [3.63, 3.8) is 0 Å². The second kappa shape index (κ2) is 15.4. The van der Waals surface area contributed by atoms with Crippen molar-refractivity contribution in [2.45, 2.75) is 0 Å². The van der Waals surface area contributed by atoms with Crippen LogP contribution >= 0.6 is 0 Å². The summed E-state index contributed by atoms with van der Waals surface area (Å²) in [4.78, 5) is 16.1. The van der Waals surface area contributed by atoms with E-state index in [-0.39, 0.29) is 0 Å². The van der Waals surface area contributed by atoms with Crippen LogP contribution in [0.2, 0.25) is 0 Å². The first-order valence-electron chi connectivity index (χ1n) is 21.6. The first kappa shape index (κ1) is 37.8. The molecular weight excluding hydrogens is 815 g/mol. The molecule has 1 aromatic heterocycles. The van der Waals surface area contributed by atoms with Crippen LogP contribution in [-0.4, -0.2) is 31.1 Å². The Hall–Kier alpha value is -7.98. The molecule has 12 rings (SSSR count). The lowest BCUT2D eigenvalue weighted by molar-refractivity contribution is 0.488. The van der Waals surface area contributed by atoms with E-state index in [0.717, 1.165) is 50.1 Å². The van der Waals surface area contributed by atoms with Gasteiger partial charge in [0.1, 0.15) is 23.0 Å². The SMILES string of the molecule is c1ccc(-c2nc(-c3cccc4c3Oc3ccccc3[Si]4(c3ccccc3)c3ccccc3)nc(-c3cccc4c3Oc3ccccc3[Si]4(c3ccccc3)c3ccccc3)n2)cc1. The van der Waals surface area contributed by atoms with E-state index in [2.05, 4.69) is 218 Å². The molecule has 302 valence electrons. The maximum absolute atomic E-state index is 7.12. The van der Waals surface area contributed by atoms with E-state index >= 15 is 0 Å². The smallest absolute Gasteiger partial charge is 0.188 e. The van der Waals surface area contributed by atoms with Crippen molar-refractivity contribution in [3.8, 4) is 57.2 Å². The Morgan fingerprint density at radius 1 is 0.266 bits per heavy atom. The minimum absolute atomic E-state index is 0.521. The molecular formula is C57H39N3O2Si2. The molecule has 0 atom stereocenters. The monoisotopic (exact) mass is 853 g/mol. The second-order valence-corrected chi connectivity index (χ2v) is 23.7. The van der Waals surface area contributed by atoms with Crippen LogP contribution in [0.1, 0.15) is 0 Å². The second-order valence-electron chi connectivity index (χ2n) is 16.2. The quantitative estimate of drug-likeness (QED) is 0.153. The van der Waals surface area contributed by atoms with Crippen molar-refractivity contribution >= 4 is 57.6 Å². The van der Waals surface area contributed by atoms with Gasteiger partial charge in [-0.05, 0) is 65.8 Å². The first-order valence-corrected chi connectivity index (χ1v) is 25.6. The highest BCUT2D eigenvalue weighted by Crippen LogP contribution is 2.40. The van der Waals surface area contributed by atoms with Gasteiger partial charge < -0.3 is 9.47 Å². The molecule has 10 aromatic rings. The fourth-order valence-corrected chi connectivity index (χ4v) is 20.1. The molecule has 0 N–H and O–H groups in total. The van der Waals surface area contributed by atoms with Crippen molar-refractivity contribution in [1.29, 1.82) is 0 Å². The predicted molar refractivity (Wildman–Crippen MR) is 264 cm³/mol. The van der Waals surface area contributed by atoms with Crippen molar-refractivity contribution < 1.29 is 9.47 Å². The number of ether oxygens (including phenoxy) is 2. The molecule has 0 saturated heterocycles. The van der Waals surface area contributed by atoms with E-state index in [1.807, 2.05) is 18.2 Å². The molecule has 0 fully saturated rings. The molecule has 0 amide bonds. The average molecular weight is 854 g/mol. The third kappa shape index (κ3) is 5.79. The van der Waals surface area contributed by atoms with Gasteiger partial charge in [0, 0.05) is 5.56 Å². The summed E-state index contributed by atoms with van der Waals surface area (Å²) in [6.45, 7) is 0. The lowest BCUT2D eigenvalue weighted by Gasteiger charge is -2.40. The topological polar surface area (TPSA) is 57.1 Å². The van der Waals surface area contributed by atoms with Gasteiger partial charge in [-0.15, -0.1) is 0 Å². The lowest BCUT2D eigenvalue weighted by Crippen LogP contribution is -2.76. The van der Waals surface area contributed by atoms with Gasteiger partial charge >= 0.3 is 0 Å². The summed E-state index contributed by atoms with van der Waals surface area (Å²) in [7, 11) is -5.88. The molecule has 7 heteroatoms. The molecule has 0 radical (unpaired) electrons. The van der Waals surface area contributed by atoms with E-state index < -0.39 is 16.1 Å². The summed E-state index contributed by atoms with van der Waals surface area (Å²) in [6, 6.07) is 83.9. The molecule has 0 aliphatic carbocycles. The zero-order chi connectivity index (χ0) is 42.5. The van der Waals surface area contributed by atoms with Crippen molar-refractivity contribution in [3.05, 3.63) is 237 Å². The number of hydrogen-bond donors (Lipinski definition) is 0. The average Bonchev–Trinajstić information content (AvgIpc) is 3.38. The highest BCUT2D eigenvalue weighted by molar-refractivity contribution is 7.21. The molecule has 0 unspecified atom stereocenters. The van der Waals surface area contributed by atoms with Gasteiger partial charge in [-0.1, -0.05) is 212 Å². The minimum atomic E-state index is -2.94. The van der Waals surface area contributed by atoms with E-state index in [1.165, 1.54) is 31.1 Å². The van der Waals surface area contributed by atoms with Gasteiger partial charge in [-0.3, -0.25) is 0 Å². The van der Waals surface area contributed by atoms with Crippen molar-refractivity contribution in [2.75, 3.05) is 0 Å². The van der Waals surface area contributed by atoms with Gasteiger partial charge in [-0.2, -0.15) is 0 Å². The number of benzene rings is 9. The summed E-state index contributed by atoms with van der Waals surface area (Å²) in [6.07, 6.45) is 0. The normalized spacial score (nSPS) is 13.8. The van der Waals surface area contributed by atoms with Crippen LogP contribution in [0.15, 0.2) is 237 Å². The summed E-state index contributed by atoms with van der Waals surface area (Å²) >= 11 is 0. The van der Waals surface area contributed by atoms with Gasteiger partial charge in [0.05, 0.1) is 11.1 Å². The zero-order valence-electron chi connectivity index (χ0n) is 34.7. The van der Waals surface area contributed by atoms with Crippen molar-refractivity contribution in [2.24, 2.45) is 0 Å². The van der Waals surface area contributed by atoms with E-state index in [9.17, 15) is 0 Å². The lowest BCUT2D eigenvalue weighted by atomic mass is 10.1. The Kier molecular flexibility index (Phi) is 9.10. The molecule has 0 spiro atoms. The first-order chi connectivity index (χ1) is 31.7. The number of fused-ring (bicyclic) bond motifs is 4. The molecule has 2 aliphatic rings. The Balaban J connectivity index is 1.13. The Labute approximate surface area is 374 Å². The summed E-state index contributed by atoms with van der Waals surface area (Å²) in [5.74, 6) is 4.80. The van der Waals surface area contributed by atoms with Gasteiger partial charge in [0.2, 0.25) is 0 Å². The summed E-state index contributed by atoms with van der Waals surface area (Å²) in [5.41, 5.74) is 2.48. The maximum Gasteiger partial charge on any atom is 0.188 e. The molecule has 0 bridgehead atoms. The number of nitrogens with zero attached hydrogens (tertiary/aromatic N) is 3.